The monoisotopic (exact) mass is 250 g/mol. The number of aryl methyl sites for hydroxylation is 1. The van der Waals surface area contributed by atoms with Crippen LogP contribution in [0.4, 0.5) is 0 Å². The molecule has 0 unspecified atom stereocenters. The van der Waals surface area contributed by atoms with Gasteiger partial charge in [-0.2, -0.15) is 0 Å². The van der Waals surface area contributed by atoms with Gasteiger partial charge in [-0.3, -0.25) is 14.6 Å². The summed E-state index contributed by atoms with van der Waals surface area (Å²) in [6.07, 6.45) is 2.95. The number of hydrogen-bond acceptors (Lipinski definition) is 3. The van der Waals surface area contributed by atoms with E-state index in [0.717, 1.165) is 12.0 Å². The molecule has 0 saturated heterocycles. The van der Waals surface area contributed by atoms with Gasteiger partial charge in [0.25, 0.3) is 5.91 Å². The Hall–Kier alpha value is -1.91. The molecule has 18 heavy (non-hydrogen) atoms. The second-order valence-electron chi connectivity index (χ2n) is 4.23. The van der Waals surface area contributed by atoms with Gasteiger partial charge < -0.3 is 10.4 Å². The van der Waals surface area contributed by atoms with E-state index in [-0.39, 0.29) is 18.4 Å². The van der Waals surface area contributed by atoms with Crippen molar-refractivity contribution in [1.29, 1.82) is 0 Å². The Morgan fingerprint density at radius 1 is 1.50 bits per heavy atom. The molecule has 1 aromatic heterocycles. The lowest BCUT2D eigenvalue weighted by Crippen LogP contribution is -2.37. The predicted octanol–water partition coefficient (Wildman–Crippen LogP) is 1.76. The Labute approximate surface area is 106 Å². The highest BCUT2D eigenvalue weighted by Gasteiger charge is 2.17. The molecular weight excluding hydrogens is 232 g/mol. The second kappa shape index (κ2) is 6.74. The summed E-state index contributed by atoms with van der Waals surface area (Å²) in [6.45, 7) is 3.75. The van der Waals surface area contributed by atoms with E-state index in [4.69, 9.17) is 5.11 Å². The van der Waals surface area contributed by atoms with Crippen LogP contribution in [-0.2, 0) is 4.79 Å². The van der Waals surface area contributed by atoms with E-state index in [1.54, 1.807) is 25.3 Å². The van der Waals surface area contributed by atoms with E-state index in [0.29, 0.717) is 12.1 Å². The number of aliphatic carboxylic acids is 1. The molecule has 2 N–H and O–H groups in total. The van der Waals surface area contributed by atoms with Crippen LogP contribution in [0.5, 0.6) is 0 Å². The molecule has 0 bridgehead atoms. The number of aromatic nitrogens is 1. The Morgan fingerprint density at radius 3 is 2.78 bits per heavy atom. The molecule has 1 heterocycles. The van der Waals surface area contributed by atoms with Gasteiger partial charge in [-0.1, -0.05) is 19.4 Å². The summed E-state index contributed by atoms with van der Waals surface area (Å²) in [7, 11) is 0. The topological polar surface area (TPSA) is 79.3 Å². The molecule has 1 aromatic rings. The first kappa shape index (κ1) is 14.2. The summed E-state index contributed by atoms with van der Waals surface area (Å²) in [6, 6.07) is 3.21. The molecule has 1 amide bonds. The van der Waals surface area contributed by atoms with Crippen molar-refractivity contribution < 1.29 is 14.7 Å². The Balaban J connectivity index is 2.72. The number of carbonyl (C=O) groups excluding carboxylic acids is 1. The molecule has 0 aliphatic carbocycles. The van der Waals surface area contributed by atoms with Gasteiger partial charge in [0.1, 0.15) is 5.69 Å². The van der Waals surface area contributed by atoms with E-state index in [9.17, 15) is 9.59 Å². The van der Waals surface area contributed by atoms with Crippen molar-refractivity contribution in [3.8, 4) is 0 Å². The van der Waals surface area contributed by atoms with Crippen molar-refractivity contribution in [3.05, 3.63) is 29.6 Å². The highest BCUT2D eigenvalue weighted by Crippen LogP contribution is 2.07. The fourth-order valence-corrected chi connectivity index (χ4v) is 1.76. The lowest BCUT2D eigenvalue weighted by atomic mass is 10.1. The minimum Gasteiger partial charge on any atom is -0.481 e. The number of carboxylic acids is 1. The van der Waals surface area contributed by atoms with Crippen molar-refractivity contribution in [1.82, 2.24) is 10.3 Å². The second-order valence-corrected chi connectivity index (χ2v) is 4.23. The maximum absolute atomic E-state index is 12.0. The number of carboxylic acid groups (broad SMARTS) is 1. The fourth-order valence-electron chi connectivity index (χ4n) is 1.76. The van der Waals surface area contributed by atoms with Gasteiger partial charge in [0.05, 0.1) is 6.42 Å². The highest BCUT2D eigenvalue weighted by atomic mass is 16.4. The molecule has 0 aliphatic heterocycles. The molecule has 5 nitrogen and oxygen atoms in total. The number of pyridine rings is 1. The average molecular weight is 250 g/mol. The van der Waals surface area contributed by atoms with Crippen LogP contribution in [-0.4, -0.2) is 28.0 Å². The Bertz CT molecular complexity index is 432. The first-order chi connectivity index (χ1) is 8.54. The molecule has 1 rings (SSSR count). The smallest absolute Gasteiger partial charge is 0.305 e. The Kier molecular flexibility index (Phi) is 5.30. The first-order valence-corrected chi connectivity index (χ1v) is 5.98. The van der Waals surface area contributed by atoms with Gasteiger partial charge in [-0.05, 0) is 25.0 Å². The maximum Gasteiger partial charge on any atom is 0.305 e. The number of carbonyl (C=O) groups is 2. The summed E-state index contributed by atoms with van der Waals surface area (Å²) in [5.41, 5.74) is 1.13. The van der Waals surface area contributed by atoms with Gasteiger partial charge in [0.15, 0.2) is 0 Å². The van der Waals surface area contributed by atoms with Gasteiger partial charge in [-0.25, -0.2) is 0 Å². The average Bonchev–Trinajstić information content (AvgIpc) is 2.28. The van der Waals surface area contributed by atoms with E-state index in [2.05, 4.69) is 10.3 Å². The third-order valence-electron chi connectivity index (χ3n) is 2.62. The van der Waals surface area contributed by atoms with Crippen LogP contribution in [0.15, 0.2) is 18.3 Å². The molecule has 0 aliphatic rings. The van der Waals surface area contributed by atoms with E-state index < -0.39 is 5.97 Å². The normalized spacial score (nSPS) is 11.9. The molecule has 98 valence electrons. The summed E-state index contributed by atoms with van der Waals surface area (Å²) < 4.78 is 0. The van der Waals surface area contributed by atoms with Crippen LogP contribution in [0.3, 0.4) is 0 Å². The molecule has 0 fully saturated rings. The van der Waals surface area contributed by atoms with Crippen molar-refractivity contribution in [3.63, 3.8) is 0 Å². The van der Waals surface area contributed by atoms with Gasteiger partial charge in [0, 0.05) is 12.2 Å². The molecule has 0 radical (unpaired) electrons. The van der Waals surface area contributed by atoms with Crippen molar-refractivity contribution >= 4 is 11.9 Å². The molecular formula is C13H18N2O3. The molecule has 0 spiro atoms. The van der Waals surface area contributed by atoms with Crippen LogP contribution in [0.1, 0.15) is 42.2 Å². The Morgan fingerprint density at radius 2 is 2.22 bits per heavy atom. The first-order valence-electron chi connectivity index (χ1n) is 5.98. The van der Waals surface area contributed by atoms with Crippen LogP contribution < -0.4 is 5.32 Å². The highest BCUT2D eigenvalue weighted by molar-refractivity contribution is 5.94. The van der Waals surface area contributed by atoms with Crippen molar-refractivity contribution in [2.75, 3.05) is 0 Å². The van der Waals surface area contributed by atoms with Crippen LogP contribution in [0.2, 0.25) is 0 Å². The zero-order valence-corrected chi connectivity index (χ0v) is 10.6. The van der Waals surface area contributed by atoms with Gasteiger partial charge >= 0.3 is 5.97 Å². The van der Waals surface area contributed by atoms with E-state index >= 15 is 0 Å². The predicted molar refractivity (Wildman–Crippen MR) is 67.4 cm³/mol. The van der Waals surface area contributed by atoms with E-state index in [1.165, 1.54) is 0 Å². The molecule has 1 atom stereocenters. The number of hydrogen-bond donors (Lipinski definition) is 2. The fraction of sp³-hybridized carbons (Fsp3) is 0.462. The molecule has 5 heteroatoms. The van der Waals surface area contributed by atoms with Crippen LogP contribution in [0, 0.1) is 6.92 Å². The minimum atomic E-state index is -0.911. The summed E-state index contributed by atoms with van der Waals surface area (Å²) in [4.78, 5) is 26.7. The van der Waals surface area contributed by atoms with Gasteiger partial charge in [0.2, 0.25) is 0 Å². The zero-order chi connectivity index (χ0) is 13.5. The summed E-state index contributed by atoms with van der Waals surface area (Å²) >= 11 is 0. The van der Waals surface area contributed by atoms with E-state index in [1.807, 2.05) is 6.92 Å². The third kappa shape index (κ3) is 4.16. The lowest BCUT2D eigenvalue weighted by Gasteiger charge is -2.16. The van der Waals surface area contributed by atoms with Crippen molar-refractivity contribution in [2.24, 2.45) is 0 Å². The number of rotatable bonds is 6. The van der Waals surface area contributed by atoms with Gasteiger partial charge in [-0.15, -0.1) is 0 Å². The largest absolute Gasteiger partial charge is 0.481 e. The number of amides is 1. The van der Waals surface area contributed by atoms with Crippen LogP contribution >= 0.6 is 0 Å². The van der Waals surface area contributed by atoms with Crippen LogP contribution in [0.25, 0.3) is 0 Å². The minimum absolute atomic E-state index is 0.0640. The molecule has 0 saturated carbocycles. The number of nitrogens with zero attached hydrogens (tertiary/aromatic N) is 1. The zero-order valence-electron chi connectivity index (χ0n) is 10.6. The maximum atomic E-state index is 12.0. The lowest BCUT2D eigenvalue weighted by molar-refractivity contribution is -0.137. The SMILES string of the molecule is CCC[C@H](CC(=O)O)NC(=O)c1ncccc1C. The third-order valence-corrected chi connectivity index (χ3v) is 2.62. The number of nitrogens with one attached hydrogen (secondary N) is 1. The summed E-state index contributed by atoms with van der Waals surface area (Å²) in [5, 5.41) is 11.5. The standard InChI is InChI=1S/C13H18N2O3/c1-3-5-10(8-11(16)17)15-13(18)12-9(2)6-4-7-14-12/h4,6-7,10H,3,5,8H2,1-2H3,(H,15,18)(H,16,17)/t10-/m1/s1. The molecule has 0 aromatic carbocycles. The quantitative estimate of drug-likeness (QED) is 0.806. The van der Waals surface area contributed by atoms with Crippen molar-refractivity contribution in [2.45, 2.75) is 39.2 Å². The summed E-state index contributed by atoms with van der Waals surface area (Å²) in [5.74, 6) is -1.22.